The van der Waals surface area contributed by atoms with Crippen molar-refractivity contribution >= 4 is 46.1 Å². The zero-order chi connectivity index (χ0) is 24.5. The summed E-state index contributed by atoms with van der Waals surface area (Å²) in [5, 5.41) is 5.98. The number of hydrogen-bond acceptors (Lipinski definition) is 6. The van der Waals surface area contributed by atoms with Crippen LogP contribution in [0.1, 0.15) is 44.6 Å². The highest BCUT2D eigenvalue weighted by Crippen LogP contribution is 2.33. The highest BCUT2D eigenvalue weighted by molar-refractivity contribution is 6.29. The van der Waals surface area contributed by atoms with Crippen molar-refractivity contribution in [2.45, 2.75) is 19.1 Å². The van der Waals surface area contributed by atoms with Gasteiger partial charge in [0.25, 0.3) is 5.91 Å². The van der Waals surface area contributed by atoms with Crippen molar-refractivity contribution in [1.82, 2.24) is 19.9 Å². The predicted octanol–water partition coefficient (Wildman–Crippen LogP) is 3.79. The minimum atomic E-state index is -0.608. The molecule has 2 aromatic heterocycles. The zero-order valence-corrected chi connectivity index (χ0v) is 19.4. The van der Waals surface area contributed by atoms with Crippen molar-refractivity contribution in [3.63, 3.8) is 0 Å². The van der Waals surface area contributed by atoms with Crippen molar-refractivity contribution in [1.29, 1.82) is 0 Å². The summed E-state index contributed by atoms with van der Waals surface area (Å²) in [6, 6.07) is 15.6. The molecule has 5 rings (SSSR count). The van der Waals surface area contributed by atoms with E-state index in [1.54, 1.807) is 42.5 Å². The van der Waals surface area contributed by atoms with Gasteiger partial charge in [0.2, 0.25) is 5.91 Å². The molecule has 2 aromatic carbocycles. The van der Waals surface area contributed by atoms with Crippen LogP contribution in [0.5, 0.6) is 0 Å². The number of aryl methyl sites for hydroxylation is 1. The van der Waals surface area contributed by atoms with Gasteiger partial charge in [-0.05, 0) is 36.4 Å². The lowest BCUT2D eigenvalue weighted by Gasteiger charge is -2.11. The number of anilines is 1. The SMILES string of the molecule is Cn1c(CNC(=O)c2ccc(Cl)nc2)nc2cc(NC(=O)CC3OC(=O)c4ccccc43)ccc21. The monoisotopic (exact) mass is 489 g/mol. The maximum Gasteiger partial charge on any atom is 0.339 e. The lowest BCUT2D eigenvalue weighted by atomic mass is 10.0. The Labute approximate surface area is 205 Å². The van der Waals surface area contributed by atoms with E-state index in [-0.39, 0.29) is 24.8 Å². The van der Waals surface area contributed by atoms with Gasteiger partial charge in [0, 0.05) is 24.5 Å². The molecule has 9 nitrogen and oxygen atoms in total. The average Bonchev–Trinajstić information content (AvgIpc) is 3.33. The van der Waals surface area contributed by atoms with Gasteiger partial charge in [-0.1, -0.05) is 29.8 Å². The van der Waals surface area contributed by atoms with Crippen molar-refractivity contribution < 1.29 is 19.1 Å². The van der Waals surface area contributed by atoms with Crippen LogP contribution in [-0.4, -0.2) is 32.3 Å². The van der Waals surface area contributed by atoms with E-state index in [0.29, 0.717) is 38.9 Å². The van der Waals surface area contributed by atoms with E-state index in [0.717, 1.165) is 5.52 Å². The minimum Gasteiger partial charge on any atom is -0.453 e. The van der Waals surface area contributed by atoms with Crippen molar-refractivity contribution in [2.24, 2.45) is 7.05 Å². The van der Waals surface area contributed by atoms with Gasteiger partial charge in [-0.2, -0.15) is 0 Å². The van der Waals surface area contributed by atoms with Crippen LogP contribution in [0.3, 0.4) is 0 Å². The standard InChI is InChI=1S/C25H20ClN5O4/c1-31-19-8-7-15(29-23(32)11-20-16-4-2-3-5-17(16)25(34)35-20)10-18(19)30-22(31)13-28-24(33)14-6-9-21(26)27-12-14/h2-10,12,20H,11,13H2,1H3,(H,28,33)(H,29,32). The molecule has 2 amide bonds. The molecule has 1 aliphatic heterocycles. The zero-order valence-electron chi connectivity index (χ0n) is 18.6. The number of fused-ring (bicyclic) bond motifs is 2. The number of pyridine rings is 1. The molecule has 176 valence electrons. The molecular formula is C25H20ClN5O4. The number of amides is 2. The summed E-state index contributed by atoms with van der Waals surface area (Å²) in [6.07, 6.45) is 0.815. The largest absolute Gasteiger partial charge is 0.453 e. The molecule has 3 heterocycles. The number of aromatic nitrogens is 3. The van der Waals surface area contributed by atoms with Crippen LogP contribution in [-0.2, 0) is 23.1 Å². The Morgan fingerprint density at radius 2 is 1.97 bits per heavy atom. The Morgan fingerprint density at radius 1 is 1.14 bits per heavy atom. The Hall–Kier alpha value is -4.24. The second-order valence-corrected chi connectivity index (χ2v) is 8.46. The third-order valence-electron chi connectivity index (χ3n) is 5.80. The number of esters is 1. The molecule has 0 saturated carbocycles. The van der Waals surface area contributed by atoms with E-state index < -0.39 is 12.1 Å². The summed E-state index contributed by atoms with van der Waals surface area (Å²) in [5.41, 5.74) is 3.69. The first-order chi connectivity index (χ1) is 16.9. The lowest BCUT2D eigenvalue weighted by molar-refractivity contribution is -0.118. The Balaban J connectivity index is 1.25. The number of rotatable bonds is 6. The number of carbonyl (C=O) groups excluding carboxylic acids is 3. The van der Waals surface area contributed by atoms with E-state index >= 15 is 0 Å². The number of nitrogens with one attached hydrogen (secondary N) is 2. The number of hydrogen-bond donors (Lipinski definition) is 2. The van der Waals surface area contributed by atoms with Gasteiger partial charge in [-0.25, -0.2) is 14.8 Å². The summed E-state index contributed by atoms with van der Waals surface area (Å²) < 4.78 is 7.22. The molecule has 0 radical (unpaired) electrons. The molecule has 0 bridgehead atoms. The third kappa shape index (κ3) is 4.58. The summed E-state index contributed by atoms with van der Waals surface area (Å²) in [4.78, 5) is 45.5. The number of benzene rings is 2. The van der Waals surface area contributed by atoms with E-state index in [4.69, 9.17) is 16.3 Å². The van der Waals surface area contributed by atoms with Crippen LogP contribution >= 0.6 is 11.6 Å². The summed E-state index contributed by atoms with van der Waals surface area (Å²) in [6.45, 7) is 0.209. The fourth-order valence-electron chi connectivity index (χ4n) is 4.01. The molecule has 10 heteroatoms. The summed E-state index contributed by atoms with van der Waals surface area (Å²) >= 11 is 5.77. The molecule has 1 aliphatic rings. The molecule has 0 fully saturated rings. The summed E-state index contributed by atoms with van der Waals surface area (Å²) in [5.74, 6) is -0.337. The quantitative estimate of drug-likeness (QED) is 0.314. The first-order valence-corrected chi connectivity index (χ1v) is 11.2. The molecular weight excluding hydrogens is 470 g/mol. The van der Waals surface area contributed by atoms with Gasteiger partial charge in [0.15, 0.2) is 0 Å². The third-order valence-corrected chi connectivity index (χ3v) is 6.03. The van der Waals surface area contributed by atoms with Gasteiger partial charge in [0.05, 0.1) is 35.1 Å². The van der Waals surface area contributed by atoms with E-state index in [1.165, 1.54) is 6.20 Å². The average molecular weight is 490 g/mol. The van der Waals surface area contributed by atoms with Crippen LogP contribution < -0.4 is 10.6 Å². The second-order valence-electron chi connectivity index (χ2n) is 8.08. The number of ether oxygens (including phenoxy) is 1. The topological polar surface area (TPSA) is 115 Å². The van der Waals surface area contributed by atoms with Crippen molar-refractivity contribution in [3.8, 4) is 0 Å². The van der Waals surface area contributed by atoms with E-state index in [9.17, 15) is 14.4 Å². The van der Waals surface area contributed by atoms with Gasteiger partial charge >= 0.3 is 5.97 Å². The van der Waals surface area contributed by atoms with Gasteiger partial charge in [-0.15, -0.1) is 0 Å². The molecule has 1 atom stereocenters. The van der Waals surface area contributed by atoms with Gasteiger partial charge in [0.1, 0.15) is 17.1 Å². The van der Waals surface area contributed by atoms with Crippen molar-refractivity contribution in [3.05, 3.63) is 88.5 Å². The maximum absolute atomic E-state index is 12.6. The first kappa shape index (κ1) is 22.5. The highest BCUT2D eigenvalue weighted by atomic mass is 35.5. The second kappa shape index (κ2) is 9.19. The lowest BCUT2D eigenvalue weighted by Crippen LogP contribution is -2.24. The highest BCUT2D eigenvalue weighted by Gasteiger charge is 2.32. The fourth-order valence-corrected chi connectivity index (χ4v) is 4.12. The van der Waals surface area contributed by atoms with E-state index in [1.807, 2.05) is 23.7 Å². The molecule has 0 spiro atoms. The molecule has 1 unspecified atom stereocenters. The number of nitrogens with zero attached hydrogens (tertiary/aromatic N) is 3. The minimum absolute atomic E-state index is 0.0137. The number of cyclic esters (lactones) is 1. The van der Waals surface area contributed by atoms with Crippen LogP contribution in [0.2, 0.25) is 5.15 Å². The Bertz CT molecular complexity index is 1460. The smallest absolute Gasteiger partial charge is 0.339 e. The number of carbonyl (C=O) groups is 3. The van der Waals surface area contributed by atoms with Gasteiger partial charge < -0.3 is 19.9 Å². The van der Waals surface area contributed by atoms with Gasteiger partial charge in [-0.3, -0.25) is 9.59 Å². The Kier molecular flexibility index (Phi) is 5.92. The van der Waals surface area contributed by atoms with Crippen LogP contribution in [0.25, 0.3) is 11.0 Å². The number of imidazole rings is 1. The summed E-state index contributed by atoms with van der Waals surface area (Å²) in [7, 11) is 1.85. The van der Waals surface area contributed by atoms with Crippen molar-refractivity contribution in [2.75, 3.05) is 5.32 Å². The number of halogens is 1. The molecule has 4 aromatic rings. The van der Waals surface area contributed by atoms with Crippen LogP contribution in [0, 0.1) is 0 Å². The maximum atomic E-state index is 12.6. The van der Waals surface area contributed by atoms with Crippen LogP contribution in [0.15, 0.2) is 60.8 Å². The van der Waals surface area contributed by atoms with Crippen LogP contribution in [0.4, 0.5) is 5.69 Å². The normalized spacial score (nSPS) is 14.5. The fraction of sp³-hybridized carbons (Fsp3) is 0.160. The molecule has 0 aliphatic carbocycles. The first-order valence-electron chi connectivity index (χ1n) is 10.8. The molecule has 2 N–H and O–H groups in total. The van der Waals surface area contributed by atoms with E-state index in [2.05, 4.69) is 20.6 Å². The molecule has 0 saturated heterocycles. The predicted molar refractivity (Wildman–Crippen MR) is 129 cm³/mol. The molecule has 35 heavy (non-hydrogen) atoms. The Morgan fingerprint density at radius 3 is 2.77 bits per heavy atom.